The zero-order valence-electron chi connectivity index (χ0n) is 13.2. The number of amides is 2. The smallest absolute Gasteiger partial charge is 0.317 e. The number of nitrogens with zero attached hydrogens (tertiary/aromatic N) is 1. The molecule has 6 nitrogen and oxygen atoms in total. The van der Waals surface area contributed by atoms with Crippen molar-refractivity contribution in [2.45, 2.75) is 46.0 Å². The Morgan fingerprint density at radius 2 is 1.90 bits per heavy atom. The van der Waals surface area contributed by atoms with Gasteiger partial charge in [-0.3, -0.25) is 4.79 Å². The molecule has 1 fully saturated rings. The highest BCUT2D eigenvalue weighted by Gasteiger charge is 2.40. The van der Waals surface area contributed by atoms with Crippen LogP contribution >= 0.6 is 0 Å². The lowest BCUT2D eigenvalue weighted by Gasteiger charge is -2.38. The van der Waals surface area contributed by atoms with E-state index < -0.39 is 11.4 Å². The maximum atomic E-state index is 12.0. The van der Waals surface area contributed by atoms with Gasteiger partial charge in [0.15, 0.2) is 0 Å². The number of carboxylic acid groups (broad SMARTS) is 1. The second-order valence-corrected chi connectivity index (χ2v) is 5.62. The van der Waals surface area contributed by atoms with E-state index >= 15 is 0 Å². The SMILES string of the molecule is CCCOCCCNC(=O)N1CCC(CC)(C(=O)O)CC1. The molecule has 2 N–H and O–H groups in total. The van der Waals surface area contributed by atoms with Crippen molar-refractivity contribution in [3.63, 3.8) is 0 Å². The summed E-state index contributed by atoms with van der Waals surface area (Å²) < 4.78 is 5.35. The minimum Gasteiger partial charge on any atom is -0.481 e. The normalized spacial score (nSPS) is 17.5. The number of aliphatic carboxylic acids is 1. The molecule has 1 rings (SSSR count). The lowest BCUT2D eigenvalue weighted by Crippen LogP contribution is -2.49. The summed E-state index contributed by atoms with van der Waals surface area (Å²) in [5.74, 6) is -0.738. The molecule has 122 valence electrons. The van der Waals surface area contributed by atoms with Gasteiger partial charge in [0.2, 0.25) is 0 Å². The highest BCUT2D eigenvalue weighted by atomic mass is 16.5. The standard InChI is InChI=1S/C15H28N2O4/c1-3-11-21-12-5-8-16-14(20)17-9-6-15(4-2,7-10-17)13(18)19/h3-12H2,1-2H3,(H,16,20)(H,18,19). The zero-order valence-corrected chi connectivity index (χ0v) is 13.2. The maximum absolute atomic E-state index is 12.0. The first-order valence-corrected chi connectivity index (χ1v) is 7.89. The number of ether oxygens (including phenoxy) is 1. The number of hydrogen-bond donors (Lipinski definition) is 2. The lowest BCUT2D eigenvalue weighted by molar-refractivity contribution is -0.151. The number of urea groups is 1. The van der Waals surface area contributed by atoms with E-state index in [1.54, 1.807) is 4.90 Å². The Bertz CT molecular complexity index is 339. The van der Waals surface area contributed by atoms with Crippen LogP contribution in [-0.4, -0.2) is 54.9 Å². The molecule has 6 heteroatoms. The number of nitrogens with one attached hydrogen (secondary N) is 1. The summed E-state index contributed by atoms with van der Waals surface area (Å²) in [6.07, 6.45) is 3.49. The van der Waals surface area contributed by atoms with Gasteiger partial charge in [-0.15, -0.1) is 0 Å². The second-order valence-electron chi connectivity index (χ2n) is 5.62. The van der Waals surface area contributed by atoms with Crippen molar-refractivity contribution >= 4 is 12.0 Å². The van der Waals surface area contributed by atoms with Gasteiger partial charge < -0.3 is 20.1 Å². The second kappa shape index (κ2) is 8.87. The number of carboxylic acids is 1. The highest BCUT2D eigenvalue weighted by molar-refractivity contribution is 5.77. The summed E-state index contributed by atoms with van der Waals surface area (Å²) in [6, 6.07) is -0.0967. The number of likely N-dealkylation sites (tertiary alicyclic amines) is 1. The van der Waals surface area contributed by atoms with Crippen LogP contribution in [0.5, 0.6) is 0 Å². The minimum atomic E-state index is -0.738. The predicted molar refractivity (Wildman–Crippen MR) is 80.3 cm³/mol. The number of piperidine rings is 1. The van der Waals surface area contributed by atoms with E-state index in [1.807, 2.05) is 6.92 Å². The molecule has 0 aromatic heterocycles. The molecular weight excluding hydrogens is 272 g/mol. The monoisotopic (exact) mass is 300 g/mol. The van der Waals surface area contributed by atoms with Crippen molar-refractivity contribution in [3.8, 4) is 0 Å². The fourth-order valence-corrected chi connectivity index (χ4v) is 2.58. The Labute approximate surface area is 126 Å². The van der Waals surface area contributed by atoms with Gasteiger partial charge >= 0.3 is 12.0 Å². The first-order valence-electron chi connectivity index (χ1n) is 7.89. The molecule has 1 aliphatic heterocycles. The van der Waals surface area contributed by atoms with E-state index in [-0.39, 0.29) is 6.03 Å². The molecule has 0 aromatic carbocycles. The zero-order chi connectivity index (χ0) is 15.7. The molecule has 0 aromatic rings. The van der Waals surface area contributed by atoms with Gasteiger partial charge in [0.1, 0.15) is 0 Å². The first-order chi connectivity index (χ1) is 10.1. The van der Waals surface area contributed by atoms with Gasteiger partial charge in [-0.1, -0.05) is 13.8 Å². The molecule has 0 aliphatic carbocycles. The van der Waals surface area contributed by atoms with E-state index in [1.165, 1.54) is 0 Å². The Kier molecular flexibility index (Phi) is 7.50. The average Bonchev–Trinajstić information content (AvgIpc) is 2.50. The van der Waals surface area contributed by atoms with Gasteiger partial charge in [0.25, 0.3) is 0 Å². The van der Waals surface area contributed by atoms with Crippen LogP contribution < -0.4 is 5.32 Å². The van der Waals surface area contributed by atoms with Crippen molar-refractivity contribution in [1.82, 2.24) is 10.2 Å². The highest BCUT2D eigenvalue weighted by Crippen LogP contribution is 2.35. The Morgan fingerprint density at radius 3 is 2.43 bits per heavy atom. The Morgan fingerprint density at radius 1 is 1.24 bits per heavy atom. The van der Waals surface area contributed by atoms with E-state index in [0.29, 0.717) is 45.5 Å². The van der Waals surface area contributed by atoms with Gasteiger partial charge in [-0.05, 0) is 32.1 Å². The van der Waals surface area contributed by atoms with E-state index in [2.05, 4.69) is 12.2 Å². The van der Waals surface area contributed by atoms with Crippen molar-refractivity contribution in [1.29, 1.82) is 0 Å². The quantitative estimate of drug-likeness (QED) is 0.673. The van der Waals surface area contributed by atoms with E-state index in [4.69, 9.17) is 4.74 Å². The molecule has 0 saturated carbocycles. The number of carbonyl (C=O) groups is 2. The topological polar surface area (TPSA) is 78.9 Å². The van der Waals surface area contributed by atoms with Gasteiger partial charge in [0, 0.05) is 32.8 Å². The third kappa shape index (κ3) is 5.19. The molecular formula is C15H28N2O4. The van der Waals surface area contributed by atoms with Crippen LogP contribution in [0.2, 0.25) is 0 Å². The van der Waals surface area contributed by atoms with E-state index in [0.717, 1.165) is 19.4 Å². The number of carbonyl (C=O) groups excluding carboxylic acids is 1. The molecule has 1 heterocycles. The number of rotatable bonds is 8. The van der Waals surface area contributed by atoms with Crippen molar-refractivity contribution in [2.24, 2.45) is 5.41 Å². The summed E-state index contributed by atoms with van der Waals surface area (Å²) in [4.78, 5) is 25.0. The van der Waals surface area contributed by atoms with E-state index in [9.17, 15) is 14.7 Å². The molecule has 0 unspecified atom stereocenters. The molecule has 21 heavy (non-hydrogen) atoms. The average molecular weight is 300 g/mol. The molecule has 0 bridgehead atoms. The summed E-state index contributed by atoms with van der Waals surface area (Å²) >= 11 is 0. The Balaban J connectivity index is 2.24. The minimum absolute atomic E-state index is 0.0967. The van der Waals surface area contributed by atoms with Crippen LogP contribution in [0, 0.1) is 5.41 Å². The van der Waals surface area contributed by atoms with Crippen molar-refractivity contribution in [3.05, 3.63) is 0 Å². The van der Waals surface area contributed by atoms with Crippen LogP contribution in [-0.2, 0) is 9.53 Å². The molecule has 0 atom stereocenters. The van der Waals surface area contributed by atoms with Crippen LogP contribution in [0.4, 0.5) is 4.79 Å². The predicted octanol–water partition coefficient (Wildman–Crippen LogP) is 2.09. The number of hydrogen-bond acceptors (Lipinski definition) is 3. The van der Waals surface area contributed by atoms with Gasteiger partial charge in [-0.25, -0.2) is 4.79 Å². The largest absolute Gasteiger partial charge is 0.481 e. The Hall–Kier alpha value is -1.30. The van der Waals surface area contributed by atoms with Crippen LogP contribution in [0.3, 0.4) is 0 Å². The molecule has 1 aliphatic rings. The first kappa shape index (κ1) is 17.8. The molecule has 2 amide bonds. The van der Waals surface area contributed by atoms with Gasteiger partial charge in [0.05, 0.1) is 5.41 Å². The van der Waals surface area contributed by atoms with Crippen molar-refractivity contribution < 1.29 is 19.4 Å². The fourth-order valence-electron chi connectivity index (χ4n) is 2.58. The summed E-state index contributed by atoms with van der Waals surface area (Å²) in [6.45, 7) is 7.00. The molecule has 0 radical (unpaired) electrons. The van der Waals surface area contributed by atoms with Crippen LogP contribution in [0.1, 0.15) is 46.0 Å². The fraction of sp³-hybridized carbons (Fsp3) is 0.867. The summed E-state index contributed by atoms with van der Waals surface area (Å²) in [7, 11) is 0. The van der Waals surface area contributed by atoms with Crippen LogP contribution in [0.25, 0.3) is 0 Å². The summed E-state index contributed by atoms with van der Waals surface area (Å²) in [5, 5.41) is 12.2. The maximum Gasteiger partial charge on any atom is 0.317 e. The molecule has 0 spiro atoms. The lowest BCUT2D eigenvalue weighted by atomic mass is 9.76. The van der Waals surface area contributed by atoms with Crippen molar-refractivity contribution in [2.75, 3.05) is 32.8 Å². The third-order valence-electron chi connectivity index (χ3n) is 4.23. The molecule has 1 saturated heterocycles. The third-order valence-corrected chi connectivity index (χ3v) is 4.23. The summed E-state index contributed by atoms with van der Waals surface area (Å²) in [5.41, 5.74) is -0.648. The van der Waals surface area contributed by atoms with Crippen LogP contribution in [0.15, 0.2) is 0 Å². The van der Waals surface area contributed by atoms with Gasteiger partial charge in [-0.2, -0.15) is 0 Å².